The number of hydrogen-bond acceptors (Lipinski definition) is 4. The van der Waals surface area contributed by atoms with Crippen LogP contribution in [0.2, 0.25) is 5.02 Å². The van der Waals surface area contributed by atoms with E-state index in [0.717, 1.165) is 5.56 Å². The molecule has 3 aromatic rings. The number of carbonyl (C=O) groups excluding carboxylic acids is 2. The number of halogens is 1. The molecule has 0 radical (unpaired) electrons. The van der Waals surface area contributed by atoms with Crippen molar-refractivity contribution in [1.82, 2.24) is 9.55 Å². The molecule has 0 saturated carbocycles. The van der Waals surface area contributed by atoms with Gasteiger partial charge in [-0.3, -0.25) is 9.59 Å². The van der Waals surface area contributed by atoms with Crippen molar-refractivity contribution in [2.45, 2.75) is 6.54 Å². The molecule has 0 bridgehead atoms. The first-order valence-electron chi connectivity index (χ1n) is 9.35. The molecule has 8 heteroatoms. The summed E-state index contributed by atoms with van der Waals surface area (Å²) in [5.74, 6) is -0.891. The normalized spacial score (nSPS) is 16.3. The van der Waals surface area contributed by atoms with Gasteiger partial charge in [0.25, 0.3) is 5.91 Å². The molecule has 0 aliphatic carbocycles. The van der Waals surface area contributed by atoms with Gasteiger partial charge in [0.2, 0.25) is 5.91 Å². The molecule has 1 atom stereocenters. The van der Waals surface area contributed by atoms with Gasteiger partial charge in [0.05, 0.1) is 12.0 Å². The van der Waals surface area contributed by atoms with Gasteiger partial charge in [0.1, 0.15) is 24.0 Å². The molecule has 1 aliphatic heterocycles. The lowest BCUT2D eigenvalue weighted by Crippen LogP contribution is -2.34. The van der Waals surface area contributed by atoms with Gasteiger partial charge in [0, 0.05) is 31.0 Å². The fourth-order valence-corrected chi connectivity index (χ4v) is 3.34. The lowest BCUT2D eigenvalue weighted by molar-refractivity contribution is -0.120. The average Bonchev–Trinajstić information content (AvgIpc) is 3.18. The summed E-state index contributed by atoms with van der Waals surface area (Å²) in [4.78, 5) is 34.7. The molecule has 152 valence electrons. The number of hydrogen-bond donors (Lipinski definition) is 0. The number of fused-ring (bicyclic) bond motifs is 1. The van der Waals surface area contributed by atoms with Crippen molar-refractivity contribution < 1.29 is 14.3 Å². The second-order valence-corrected chi connectivity index (χ2v) is 7.36. The summed E-state index contributed by atoms with van der Waals surface area (Å²) in [5.41, 5.74) is 1.89. The third-order valence-corrected chi connectivity index (χ3v) is 5.02. The second kappa shape index (κ2) is 8.51. The Bertz CT molecular complexity index is 1110. The topological polar surface area (TPSA) is 76.8 Å². The molecule has 1 aromatic heterocycles. The summed E-state index contributed by atoms with van der Waals surface area (Å²) in [6, 6.07) is 14.9. The Labute approximate surface area is 178 Å². The number of carbonyl (C=O) groups is 2. The van der Waals surface area contributed by atoms with E-state index < -0.39 is 11.8 Å². The van der Waals surface area contributed by atoms with Crippen LogP contribution < -0.4 is 9.64 Å². The van der Waals surface area contributed by atoms with Gasteiger partial charge >= 0.3 is 0 Å². The van der Waals surface area contributed by atoms with Crippen molar-refractivity contribution in [3.8, 4) is 5.75 Å². The predicted octanol–water partition coefficient (Wildman–Crippen LogP) is 3.47. The first-order valence-corrected chi connectivity index (χ1v) is 9.73. The van der Waals surface area contributed by atoms with Crippen LogP contribution in [0.5, 0.6) is 5.75 Å². The van der Waals surface area contributed by atoms with E-state index >= 15 is 0 Å². The van der Waals surface area contributed by atoms with Gasteiger partial charge in [0.15, 0.2) is 0 Å². The summed E-state index contributed by atoms with van der Waals surface area (Å²) in [5, 5.41) is 0.505. The summed E-state index contributed by atoms with van der Waals surface area (Å²) >= 11 is 6.03. The Morgan fingerprint density at radius 1 is 1.30 bits per heavy atom. The fraction of sp³-hybridized carbons (Fsp3) is 0.182. The van der Waals surface area contributed by atoms with Crippen LogP contribution in [0.3, 0.4) is 0 Å². The lowest BCUT2D eigenvalue weighted by atomic mass is 10.1. The molecule has 0 saturated heterocycles. The third kappa shape index (κ3) is 4.26. The minimum atomic E-state index is -0.698. The summed E-state index contributed by atoms with van der Waals surface area (Å²) in [6.45, 7) is 0.683. The van der Waals surface area contributed by atoms with Crippen LogP contribution in [-0.4, -0.2) is 41.2 Å². The smallest absolute Gasteiger partial charge is 0.296 e. The Kier molecular flexibility index (Phi) is 5.63. The molecule has 2 heterocycles. The molecule has 2 aromatic carbocycles. The minimum absolute atomic E-state index is 0.0804. The van der Waals surface area contributed by atoms with Crippen LogP contribution in [0, 0.1) is 5.92 Å². The Balaban J connectivity index is 1.45. The van der Waals surface area contributed by atoms with Crippen LogP contribution >= 0.6 is 11.6 Å². The van der Waals surface area contributed by atoms with Crippen LogP contribution in [-0.2, 0) is 11.3 Å². The molecule has 0 spiro atoms. The highest BCUT2D eigenvalue weighted by molar-refractivity contribution is 6.31. The van der Waals surface area contributed by atoms with Crippen LogP contribution in [0.15, 0.2) is 66.0 Å². The standard InChI is InChI=1S/C22H19ClN4O3/c1-26-19-9-17(23)7-8-20(19)30-13-16(22(26)29)10-24-21(28)18-12-27(14-25-18)11-15-5-3-2-4-6-15/h2-10,12,14,16H,11,13H2,1H3. The molecule has 1 unspecified atom stereocenters. The van der Waals surface area contributed by atoms with E-state index in [9.17, 15) is 9.59 Å². The van der Waals surface area contributed by atoms with Crippen LogP contribution in [0.1, 0.15) is 16.1 Å². The van der Waals surface area contributed by atoms with Gasteiger partial charge in [-0.1, -0.05) is 41.9 Å². The maximum absolute atomic E-state index is 12.8. The highest BCUT2D eigenvalue weighted by atomic mass is 35.5. The fourth-order valence-electron chi connectivity index (χ4n) is 3.17. The maximum atomic E-state index is 12.8. The number of anilines is 1. The number of imidazole rings is 1. The predicted molar refractivity (Wildman–Crippen MR) is 114 cm³/mol. The van der Waals surface area contributed by atoms with Gasteiger partial charge in [-0.25, -0.2) is 9.98 Å². The SMILES string of the molecule is CN1C(=O)C(C=NC(=O)c2cn(Cc3ccccc3)cn2)COc2ccc(Cl)cc21. The van der Waals surface area contributed by atoms with Gasteiger partial charge < -0.3 is 14.2 Å². The maximum Gasteiger partial charge on any atom is 0.296 e. The zero-order valence-electron chi connectivity index (χ0n) is 16.2. The Hall–Kier alpha value is -3.45. The molecule has 1 aliphatic rings. The molecular formula is C22H19ClN4O3. The van der Waals surface area contributed by atoms with Crippen molar-refractivity contribution in [2.24, 2.45) is 10.9 Å². The average molecular weight is 423 g/mol. The Morgan fingerprint density at radius 2 is 2.10 bits per heavy atom. The molecule has 7 nitrogen and oxygen atoms in total. The number of rotatable bonds is 4. The lowest BCUT2D eigenvalue weighted by Gasteiger charge is -2.17. The van der Waals surface area contributed by atoms with Crippen molar-refractivity contribution in [1.29, 1.82) is 0 Å². The van der Waals surface area contributed by atoms with E-state index in [2.05, 4.69) is 9.98 Å². The van der Waals surface area contributed by atoms with E-state index in [1.807, 2.05) is 34.9 Å². The first kappa shape index (κ1) is 19.8. The van der Waals surface area contributed by atoms with E-state index in [1.54, 1.807) is 37.8 Å². The number of aromatic nitrogens is 2. The quantitative estimate of drug-likeness (QED) is 0.603. The second-order valence-electron chi connectivity index (χ2n) is 6.93. The van der Waals surface area contributed by atoms with Crippen molar-refractivity contribution in [3.63, 3.8) is 0 Å². The molecule has 4 rings (SSSR count). The molecular weight excluding hydrogens is 404 g/mol. The van der Waals surface area contributed by atoms with Gasteiger partial charge in [-0.15, -0.1) is 0 Å². The van der Waals surface area contributed by atoms with Crippen LogP contribution in [0.25, 0.3) is 0 Å². The molecule has 2 amide bonds. The van der Waals surface area contributed by atoms with Crippen molar-refractivity contribution in [3.05, 3.63) is 77.3 Å². The number of nitrogens with zero attached hydrogens (tertiary/aromatic N) is 4. The van der Waals surface area contributed by atoms with Crippen molar-refractivity contribution in [2.75, 3.05) is 18.6 Å². The number of ether oxygens (including phenoxy) is 1. The van der Waals surface area contributed by atoms with E-state index in [4.69, 9.17) is 16.3 Å². The summed E-state index contributed by atoms with van der Waals surface area (Å²) < 4.78 is 7.53. The summed E-state index contributed by atoms with van der Waals surface area (Å²) in [6.07, 6.45) is 4.55. The zero-order chi connectivity index (χ0) is 21.1. The van der Waals surface area contributed by atoms with E-state index in [-0.39, 0.29) is 18.2 Å². The highest BCUT2D eigenvalue weighted by Gasteiger charge is 2.28. The monoisotopic (exact) mass is 422 g/mol. The Morgan fingerprint density at radius 3 is 2.90 bits per heavy atom. The molecule has 0 fully saturated rings. The highest BCUT2D eigenvalue weighted by Crippen LogP contribution is 2.33. The van der Waals surface area contributed by atoms with Gasteiger partial charge in [-0.2, -0.15) is 0 Å². The summed E-state index contributed by atoms with van der Waals surface area (Å²) in [7, 11) is 1.64. The first-order chi connectivity index (χ1) is 14.5. The van der Waals surface area contributed by atoms with E-state index in [1.165, 1.54) is 11.1 Å². The van der Waals surface area contributed by atoms with Crippen molar-refractivity contribution >= 4 is 35.3 Å². The molecule has 0 N–H and O–H groups in total. The van der Waals surface area contributed by atoms with E-state index in [0.29, 0.717) is 23.0 Å². The third-order valence-electron chi connectivity index (χ3n) is 4.78. The number of aliphatic imine (C=N–C) groups is 1. The largest absolute Gasteiger partial charge is 0.490 e. The number of amides is 2. The zero-order valence-corrected chi connectivity index (χ0v) is 17.0. The van der Waals surface area contributed by atoms with Crippen LogP contribution in [0.4, 0.5) is 5.69 Å². The minimum Gasteiger partial charge on any atom is -0.490 e. The van der Waals surface area contributed by atoms with Gasteiger partial charge in [-0.05, 0) is 23.8 Å². The number of benzene rings is 2. The molecule has 30 heavy (non-hydrogen) atoms.